The first kappa shape index (κ1) is 20.1. The van der Waals surface area contributed by atoms with E-state index in [-0.39, 0.29) is 12.5 Å². The smallest absolute Gasteiger partial charge is 0.334 e. The molecule has 2 rings (SSSR count). The quantitative estimate of drug-likeness (QED) is 0.564. The van der Waals surface area contributed by atoms with Crippen molar-refractivity contribution in [2.45, 2.75) is 20.8 Å². The highest BCUT2D eigenvalue weighted by Gasteiger charge is 2.44. The number of likely N-dealkylation sites (N-methyl/N-ethyl adjacent to an activating group) is 1. The van der Waals surface area contributed by atoms with Crippen LogP contribution in [0.25, 0.3) is 0 Å². The average Bonchev–Trinajstić information content (AvgIpc) is 2.86. The molecule has 1 aliphatic heterocycles. The van der Waals surface area contributed by atoms with Gasteiger partial charge in [0.25, 0.3) is 5.91 Å². The lowest BCUT2D eigenvalue weighted by Crippen LogP contribution is -2.39. The first-order chi connectivity index (χ1) is 12.8. The minimum Gasteiger partial charge on any atom is -0.339 e. The molecule has 1 aromatic carbocycles. The maximum atomic E-state index is 12.3. The molecule has 0 radical (unpaired) electrons. The monoisotopic (exact) mass is 374 g/mol. The van der Waals surface area contributed by atoms with E-state index in [1.807, 2.05) is 13.8 Å². The molecule has 1 heterocycles. The summed E-state index contributed by atoms with van der Waals surface area (Å²) in [6.07, 6.45) is 0. The summed E-state index contributed by atoms with van der Waals surface area (Å²) in [7, 11) is 0. The summed E-state index contributed by atoms with van der Waals surface area (Å²) in [5, 5.41) is 2.54. The minimum absolute atomic E-state index is 0.0591. The van der Waals surface area contributed by atoms with Crippen LogP contribution in [-0.2, 0) is 14.4 Å². The number of urea groups is 1. The number of rotatable bonds is 7. The molecular formula is C18H22N4O5. The number of anilines is 1. The lowest BCUT2D eigenvalue weighted by molar-refractivity contribution is -0.143. The maximum absolute atomic E-state index is 12.3. The molecule has 1 N–H and O–H groups in total. The fourth-order valence-electron chi connectivity index (χ4n) is 2.70. The highest BCUT2D eigenvalue weighted by Crippen LogP contribution is 2.14. The molecule has 1 fully saturated rings. The summed E-state index contributed by atoms with van der Waals surface area (Å²) in [5.74, 6) is -2.68. The summed E-state index contributed by atoms with van der Waals surface area (Å²) in [6, 6.07) is 5.50. The van der Waals surface area contributed by atoms with E-state index >= 15 is 0 Å². The highest BCUT2D eigenvalue weighted by molar-refractivity contribution is 6.45. The zero-order valence-corrected chi connectivity index (χ0v) is 15.5. The van der Waals surface area contributed by atoms with Crippen LogP contribution in [0.15, 0.2) is 24.3 Å². The summed E-state index contributed by atoms with van der Waals surface area (Å²) in [6.45, 7) is 6.04. The average molecular weight is 374 g/mol. The van der Waals surface area contributed by atoms with Crippen molar-refractivity contribution in [3.8, 4) is 0 Å². The topological polar surface area (TPSA) is 107 Å². The van der Waals surface area contributed by atoms with Crippen LogP contribution in [0.4, 0.5) is 10.5 Å². The van der Waals surface area contributed by atoms with Crippen LogP contribution in [-0.4, -0.2) is 70.5 Å². The standard InChI is InChI=1S/C18H22N4O5/c1-4-20(5-2)15(24)12-7-9-13(10-8-12)19-14(23)11-22-17(26)16(25)21(6-3)18(22)27/h7-10H,4-6,11H2,1-3H3,(H,19,23). The number of nitrogens with one attached hydrogen (secondary N) is 1. The number of nitrogens with zero attached hydrogens (tertiary/aromatic N) is 3. The van der Waals surface area contributed by atoms with Crippen LogP contribution in [0, 0.1) is 0 Å². The summed E-state index contributed by atoms with van der Waals surface area (Å²) in [4.78, 5) is 62.9. The van der Waals surface area contributed by atoms with Crippen molar-refractivity contribution in [1.82, 2.24) is 14.7 Å². The predicted octanol–water partition coefficient (Wildman–Crippen LogP) is 0.918. The number of benzene rings is 1. The van der Waals surface area contributed by atoms with Crippen molar-refractivity contribution in [3.63, 3.8) is 0 Å². The number of carbonyl (C=O) groups is 5. The second-order valence-electron chi connectivity index (χ2n) is 5.83. The molecule has 9 nitrogen and oxygen atoms in total. The van der Waals surface area contributed by atoms with Crippen LogP contribution in [0.1, 0.15) is 31.1 Å². The Morgan fingerprint density at radius 3 is 1.96 bits per heavy atom. The second kappa shape index (κ2) is 8.43. The van der Waals surface area contributed by atoms with E-state index < -0.39 is 30.3 Å². The molecule has 0 saturated carbocycles. The second-order valence-corrected chi connectivity index (χ2v) is 5.83. The first-order valence-corrected chi connectivity index (χ1v) is 8.70. The van der Waals surface area contributed by atoms with Crippen LogP contribution in [0.5, 0.6) is 0 Å². The molecule has 1 aromatic rings. The highest BCUT2D eigenvalue weighted by atomic mass is 16.2. The molecule has 144 valence electrons. The molecule has 0 unspecified atom stereocenters. The molecular weight excluding hydrogens is 352 g/mol. The van der Waals surface area contributed by atoms with Gasteiger partial charge in [0.2, 0.25) is 5.91 Å². The van der Waals surface area contributed by atoms with Crippen LogP contribution in [0.2, 0.25) is 0 Å². The Morgan fingerprint density at radius 1 is 0.926 bits per heavy atom. The molecule has 0 atom stereocenters. The largest absolute Gasteiger partial charge is 0.339 e. The molecule has 27 heavy (non-hydrogen) atoms. The zero-order valence-electron chi connectivity index (χ0n) is 15.5. The third kappa shape index (κ3) is 4.13. The maximum Gasteiger partial charge on any atom is 0.334 e. The Labute approximate surface area is 156 Å². The van der Waals surface area contributed by atoms with Crippen molar-refractivity contribution in [2.24, 2.45) is 0 Å². The molecule has 6 amide bonds. The zero-order chi connectivity index (χ0) is 20.1. The van der Waals surface area contributed by atoms with Crippen molar-refractivity contribution in [3.05, 3.63) is 29.8 Å². The van der Waals surface area contributed by atoms with Gasteiger partial charge in [-0.3, -0.25) is 24.1 Å². The predicted molar refractivity (Wildman–Crippen MR) is 96.8 cm³/mol. The first-order valence-electron chi connectivity index (χ1n) is 8.70. The lowest BCUT2D eigenvalue weighted by Gasteiger charge is -2.18. The van der Waals surface area contributed by atoms with Gasteiger partial charge in [0.1, 0.15) is 6.54 Å². The SMILES string of the molecule is CCN(CC)C(=O)c1ccc(NC(=O)CN2C(=O)C(=O)N(CC)C2=O)cc1. The van der Waals surface area contributed by atoms with Crippen LogP contribution < -0.4 is 5.32 Å². The molecule has 1 saturated heterocycles. The molecule has 0 spiro atoms. The van der Waals surface area contributed by atoms with Gasteiger partial charge in [-0.25, -0.2) is 9.69 Å². The molecule has 0 bridgehead atoms. The Morgan fingerprint density at radius 2 is 1.48 bits per heavy atom. The fraction of sp³-hybridized carbons (Fsp3) is 0.389. The van der Waals surface area contributed by atoms with Gasteiger partial charge in [-0.15, -0.1) is 0 Å². The van der Waals surface area contributed by atoms with E-state index in [1.54, 1.807) is 36.1 Å². The molecule has 9 heteroatoms. The Kier molecular flexibility index (Phi) is 6.27. The van der Waals surface area contributed by atoms with Crippen molar-refractivity contribution in [2.75, 3.05) is 31.5 Å². The molecule has 0 aromatic heterocycles. The minimum atomic E-state index is -1.02. The van der Waals surface area contributed by atoms with E-state index in [0.717, 1.165) is 4.90 Å². The van der Waals surface area contributed by atoms with E-state index in [1.165, 1.54) is 0 Å². The lowest BCUT2D eigenvalue weighted by atomic mass is 10.1. The van der Waals surface area contributed by atoms with Gasteiger partial charge < -0.3 is 10.2 Å². The number of hydrogen-bond acceptors (Lipinski definition) is 5. The van der Waals surface area contributed by atoms with E-state index in [9.17, 15) is 24.0 Å². The third-order valence-electron chi connectivity index (χ3n) is 4.22. The summed E-state index contributed by atoms with van der Waals surface area (Å²) < 4.78 is 0. The van der Waals surface area contributed by atoms with Crippen molar-refractivity contribution in [1.29, 1.82) is 0 Å². The van der Waals surface area contributed by atoms with Crippen LogP contribution >= 0.6 is 0 Å². The van der Waals surface area contributed by atoms with Crippen molar-refractivity contribution >= 4 is 35.3 Å². The van der Waals surface area contributed by atoms with E-state index in [4.69, 9.17) is 0 Å². The van der Waals surface area contributed by atoms with Gasteiger partial charge in [0.05, 0.1) is 0 Å². The molecule has 0 aliphatic carbocycles. The normalized spacial score (nSPS) is 14.0. The number of imide groups is 2. The van der Waals surface area contributed by atoms with Gasteiger partial charge in [-0.1, -0.05) is 0 Å². The fourth-order valence-corrected chi connectivity index (χ4v) is 2.70. The van der Waals surface area contributed by atoms with Gasteiger partial charge in [-0.05, 0) is 45.0 Å². The van der Waals surface area contributed by atoms with Gasteiger partial charge in [0.15, 0.2) is 0 Å². The Hall–Kier alpha value is -3.23. The van der Waals surface area contributed by atoms with Gasteiger partial charge in [0, 0.05) is 30.9 Å². The van der Waals surface area contributed by atoms with Gasteiger partial charge in [-0.2, -0.15) is 0 Å². The van der Waals surface area contributed by atoms with Gasteiger partial charge >= 0.3 is 17.8 Å². The van der Waals surface area contributed by atoms with Crippen molar-refractivity contribution < 1.29 is 24.0 Å². The summed E-state index contributed by atoms with van der Waals surface area (Å²) >= 11 is 0. The van der Waals surface area contributed by atoms with E-state index in [0.29, 0.717) is 29.2 Å². The third-order valence-corrected chi connectivity index (χ3v) is 4.22. The summed E-state index contributed by atoms with van der Waals surface area (Å²) in [5.41, 5.74) is 0.902. The molecule has 1 aliphatic rings. The Balaban J connectivity index is 2.00. The Bertz CT molecular complexity index is 770. The van der Waals surface area contributed by atoms with E-state index in [2.05, 4.69) is 5.32 Å². The number of carbonyl (C=O) groups excluding carboxylic acids is 5. The number of hydrogen-bond donors (Lipinski definition) is 1. The van der Waals surface area contributed by atoms with Crippen LogP contribution in [0.3, 0.4) is 0 Å². The number of amides is 6.